The number of aromatic hydroxyl groups is 2. The summed E-state index contributed by atoms with van der Waals surface area (Å²) in [5.74, 6) is 1.50. The van der Waals surface area contributed by atoms with Crippen molar-refractivity contribution in [1.29, 1.82) is 0 Å². The first kappa shape index (κ1) is 16.5. The van der Waals surface area contributed by atoms with Gasteiger partial charge in [0, 0.05) is 6.04 Å². The molecule has 0 radical (unpaired) electrons. The number of rotatable bonds is 4. The molecule has 0 bridgehead atoms. The number of phenols is 2. The van der Waals surface area contributed by atoms with Gasteiger partial charge in [0.05, 0.1) is 14.2 Å². The van der Waals surface area contributed by atoms with E-state index in [0.717, 1.165) is 46.7 Å². The van der Waals surface area contributed by atoms with E-state index in [1.165, 1.54) is 0 Å². The summed E-state index contributed by atoms with van der Waals surface area (Å²) in [4.78, 5) is 0. The highest BCUT2D eigenvalue weighted by atomic mass is 16.5. The number of nitrogens with one attached hydrogen (secondary N) is 1. The van der Waals surface area contributed by atoms with E-state index in [0.29, 0.717) is 6.42 Å². The Labute approximate surface area is 141 Å². The van der Waals surface area contributed by atoms with Gasteiger partial charge in [0.25, 0.3) is 0 Å². The molecule has 0 aliphatic carbocycles. The number of hydrogen-bond acceptors (Lipinski definition) is 5. The number of fused-ring (bicyclic) bond motifs is 1. The van der Waals surface area contributed by atoms with Crippen LogP contribution in [0.2, 0.25) is 0 Å². The Bertz CT molecular complexity index is 758. The van der Waals surface area contributed by atoms with Crippen molar-refractivity contribution in [2.75, 3.05) is 20.8 Å². The summed E-state index contributed by atoms with van der Waals surface area (Å²) in [6.45, 7) is 2.81. The van der Waals surface area contributed by atoms with Gasteiger partial charge in [-0.3, -0.25) is 0 Å². The molecule has 5 heteroatoms. The van der Waals surface area contributed by atoms with Crippen molar-refractivity contribution >= 4 is 0 Å². The molecule has 1 unspecified atom stereocenters. The monoisotopic (exact) mass is 329 g/mol. The molecule has 3 rings (SSSR count). The first-order valence-electron chi connectivity index (χ1n) is 8.03. The van der Waals surface area contributed by atoms with Gasteiger partial charge in [-0.1, -0.05) is 0 Å². The molecule has 0 saturated carbocycles. The lowest BCUT2D eigenvalue weighted by Crippen LogP contribution is -2.31. The Morgan fingerprint density at radius 3 is 2.46 bits per heavy atom. The predicted octanol–water partition coefficient (Wildman–Crippen LogP) is 2.85. The maximum atomic E-state index is 9.86. The second-order valence-electron chi connectivity index (χ2n) is 6.13. The van der Waals surface area contributed by atoms with E-state index in [1.54, 1.807) is 26.4 Å². The molecule has 0 saturated heterocycles. The van der Waals surface area contributed by atoms with Gasteiger partial charge in [-0.05, 0) is 72.8 Å². The van der Waals surface area contributed by atoms with Crippen molar-refractivity contribution in [3.8, 4) is 23.0 Å². The minimum Gasteiger partial charge on any atom is -0.504 e. The number of aryl methyl sites for hydroxylation is 1. The van der Waals surface area contributed by atoms with E-state index in [9.17, 15) is 10.2 Å². The summed E-state index contributed by atoms with van der Waals surface area (Å²) < 4.78 is 11.0. The fraction of sp³-hybridized carbons (Fsp3) is 0.368. The first-order chi connectivity index (χ1) is 11.5. The topological polar surface area (TPSA) is 71.0 Å². The van der Waals surface area contributed by atoms with Crippen molar-refractivity contribution < 1.29 is 19.7 Å². The van der Waals surface area contributed by atoms with E-state index in [4.69, 9.17) is 9.47 Å². The van der Waals surface area contributed by atoms with E-state index in [1.807, 2.05) is 19.1 Å². The van der Waals surface area contributed by atoms with Crippen LogP contribution >= 0.6 is 0 Å². The Hall–Kier alpha value is -2.40. The molecule has 1 aliphatic rings. The van der Waals surface area contributed by atoms with Crippen LogP contribution in [0.1, 0.15) is 28.3 Å². The minimum atomic E-state index is -0.0871. The Kier molecular flexibility index (Phi) is 4.53. The zero-order valence-electron chi connectivity index (χ0n) is 14.2. The second-order valence-corrected chi connectivity index (χ2v) is 6.13. The molecule has 24 heavy (non-hydrogen) atoms. The standard InChI is InChI=1S/C19H23NO4/c1-11-6-19(24-3)13(9-18(11)23-2)7-15-14-10-17(22)16(21)8-12(14)4-5-20-15/h6,8-10,15,20-22H,4-5,7H2,1-3H3. The molecule has 0 spiro atoms. The molecule has 5 nitrogen and oxygen atoms in total. The SMILES string of the molecule is COc1cc(CC2NCCc3cc(O)c(O)cc32)c(OC)cc1C. The second kappa shape index (κ2) is 6.61. The molecular weight excluding hydrogens is 306 g/mol. The third-order valence-electron chi connectivity index (χ3n) is 4.62. The molecule has 2 aromatic carbocycles. The van der Waals surface area contributed by atoms with Crippen LogP contribution in [0, 0.1) is 6.92 Å². The first-order valence-corrected chi connectivity index (χ1v) is 8.03. The lowest BCUT2D eigenvalue weighted by Gasteiger charge is -2.28. The minimum absolute atomic E-state index is 0.0431. The summed E-state index contributed by atoms with van der Waals surface area (Å²) in [6.07, 6.45) is 1.53. The molecule has 1 aliphatic heterocycles. The van der Waals surface area contributed by atoms with E-state index >= 15 is 0 Å². The van der Waals surface area contributed by atoms with Crippen LogP contribution in [0.4, 0.5) is 0 Å². The third kappa shape index (κ3) is 2.99. The summed E-state index contributed by atoms with van der Waals surface area (Å²) in [7, 11) is 3.32. The Morgan fingerprint density at radius 2 is 1.75 bits per heavy atom. The average molecular weight is 329 g/mol. The summed E-state index contributed by atoms with van der Waals surface area (Å²) >= 11 is 0. The predicted molar refractivity (Wildman–Crippen MR) is 92.2 cm³/mol. The molecule has 0 aromatic heterocycles. The summed E-state index contributed by atoms with van der Waals surface area (Å²) in [6, 6.07) is 7.34. The van der Waals surface area contributed by atoms with Gasteiger partial charge in [-0.2, -0.15) is 0 Å². The fourth-order valence-corrected chi connectivity index (χ4v) is 3.34. The van der Waals surface area contributed by atoms with Gasteiger partial charge in [0.15, 0.2) is 11.5 Å². The van der Waals surface area contributed by atoms with Crippen LogP contribution in [0.3, 0.4) is 0 Å². The maximum absolute atomic E-state index is 9.86. The van der Waals surface area contributed by atoms with Gasteiger partial charge in [0.2, 0.25) is 0 Å². The zero-order chi connectivity index (χ0) is 17.3. The Balaban J connectivity index is 1.97. The highest BCUT2D eigenvalue weighted by molar-refractivity contribution is 5.50. The Morgan fingerprint density at radius 1 is 1.04 bits per heavy atom. The van der Waals surface area contributed by atoms with Gasteiger partial charge in [0.1, 0.15) is 11.5 Å². The van der Waals surface area contributed by atoms with E-state index < -0.39 is 0 Å². The lowest BCUT2D eigenvalue weighted by molar-refractivity contribution is 0.389. The highest BCUT2D eigenvalue weighted by Crippen LogP contribution is 2.37. The number of phenolic OH excluding ortho intramolecular Hbond substituents is 2. The van der Waals surface area contributed by atoms with Crippen molar-refractivity contribution in [3.63, 3.8) is 0 Å². The number of methoxy groups -OCH3 is 2. The van der Waals surface area contributed by atoms with Gasteiger partial charge in [-0.15, -0.1) is 0 Å². The van der Waals surface area contributed by atoms with Crippen LogP contribution in [0.15, 0.2) is 24.3 Å². The van der Waals surface area contributed by atoms with Crippen LogP contribution in [0.5, 0.6) is 23.0 Å². The number of hydrogen-bond donors (Lipinski definition) is 3. The van der Waals surface area contributed by atoms with E-state index in [-0.39, 0.29) is 17.5 Å². The maximum Gasteiger partial charge on any atom is 0.157 e. The van der Waals surface area contributed by atoms with Crippen LogP contribution < -0.4 is 14.8 Å². The third-order valence-corrected chi connectivity index (χ3v) is 4.62. The molecule has 0 amide bonds. The molecule has 0 fully saturated rings. The molecule has 3 N–H and O–H groups in total. The quantitative estimate of drug-likeness (QED) is 0.753. The number of benzene rings is 2. The largest absolute Gasteiger partial charge is 0.504 e. The van der Waals surface area contributed by atoms with Gasteiger partial charge < -0.3 is 25.0 Å². The summed E-state index contributed by atoms with van der Waals surface area (Å²) in [5.41, 5.74) is 4.14. The smallest absolute Gasteiger partial charge is 0.157 e. The van der Waals surface area contributed by atoms with Crippen LogP contribution in [-0.2, 0) is 12.8 Å². The fourth-order valence-electron chi connectivity index (χ4n) is 3.34. The molecule has 2 aromatic rings. The van der Waals surface area contributed by atoms with Crippen LogP contribution in [0.25, 0.3) is 0 Å². The number of ether oxygens (including phenoxy) is 2. The van der Waals surface area contributed by atoms with Crippen LogP contribution in [-0.4, -0.2) is 31.0 Å². The van der Waals surface area contributed by atoms with Gasteiger partial charge >= 0.3 is 0 Å². The van der Waals surface area contributed by atoms with Crippen molar-refractivity contribution in [3.05, 3.63) is 46.5 Å². The van der Waals surface area contributed by atoms with Crippen molar-refractivity contribution in [2.24, 2.45) is 0 Å². The zero-order valence-corrected chi connectivity index (χ0v) is 14.2. The lowest BCUT2D eigenvalue weighted by atomic mass is 9.89. The molecule has 1 heterocycles. The molecule has 128 valence electrons. The summed E-state index contributed by atoms with van der Waals surface area (Å²) in [5, 5.41) is 23.1. The molecule has 1 atom stereocenters. The highest BCUT2D eigenvalue weighted by Gasteiger charge is 2.23. The average Bonchev–Trinajstić information content (AvgIpc) is 2.57. The van der Waals surface area contributed by atoms with Gasteiger partial charge in [-0.25, -0.2) is 0 Å². The van der Waals surface area contributed by atoms with E-state index in [2.05, 4.69) is 5.32 Å². The normalized spacial score (nSPS) is 16.5. The van der Waals surface area contributed by atoms with Crippen molar-refractivity contribution in [1.82, 2.24) is 5.32 Å². The molecular formula is C19H23NO4. The van der Waals surface area contributed by atoms with Crippen molar-refractivity contribution in [2.45, 2.75) is 25.8 Å².